The van der Waals surface area contributed by atoms with Gasteiger partial charge in [0.05, 0.1) is 5.41 Å². The molecule has 2 rings (SSSR count). The fourth-order valence-electron chi connectivity index (χ4n) is 2.76. The highest BCUT2D eigenvalue weighted by molar-refractivity contribution is 5.74. The summed E-state index contributed by atoms with van der Waals surface area (Å²) in [7, 11) is 0. The summed E-state index contributed by atoms with van der Waals surface area (Å²) in [5, 5.41) is 9.26. The number of carbonyl (C=O) groups is 1. The van der Waals surface area contributed by atoms with Crippen LogP contribution in [-0.4, -0.2) is 24.2 Å². The minimum atomic E-state index is -0.713. The topological polar surface area (TPSA) is 40.5 Å². The minimum Gasteiger partial charge on any atom is -0.481 e. The van der Waals surface area contributed by atoms with Crippen LogP contribution in [0.15, 0.2) is 24.3 Å². The van der Waals surface area contributed by atoms with Crippen LogP contribution in [0.2, 0.25) is 0 Å². The van der Waals surface area contributed by atoms with E-state index in [-0.39, 0.29) is 0 Å². The van der Waals surface area contributed by atoms with Gasteiger partial charge in [0.25, 0.3) is 0 Å². The fourth-order valence-corrected chi connectivity index (χ4v) is 2.76. The van der Waals surface area contributed by atoms with Crippen LogP contribution in [0.25, 0.3) is 0 Å². The van der Waals surface area contributed by atoms with Crippen molar-refractivity contribution in [2.24, 2.45) is 5.41 Å². The third-order valence-corrected chi connectivity index (χ3v) is 3.88. The van der Waals surface area contributed by atoms with Gasteiger partial charge in [-0.3, -0.25) is 4.79 Å². The second-order valence-electron chi connectivity index (χ2n) is 5.69. The van der Waals surface area contributed by atoms with Gasteiger partial charge in [-0.2, -0.15) is 0 Å². The van der Waals surface area contributed by atoms with Gasteiger partial charge in [0.2, 0.25) is 0 Å². The Kier molecular flexibility index (Phi) is 3.33. The van der Waals surface area contributed by atoms with Crippen LogP contribution >= 0.6 is 0 Å². The molecule has 0 fully saturated rings. The highest BCUT2D eigenvalue weighted by atomic mass is 16.4. The molecule has 18 heavy (non-hydrogen) atoms. The average molecular weight is 247 g/mol. The fraction of sp³-hybridized carbons (Fsp3) is 0.533. The smallest absolute Gasteiger partial charge is 0.309 e. The number of hydrogen-bond donors (Lipinski definition) is 1. The second kappa shape index (κ2) is 4.63. The molecular weight excluding hydrogens is 226 g/mol. The van der Waals surface area contributed by atoms with E-state index in [1.165, 1.54) is 11.3 Å². The van der Waals surface area contributed by atoms with E-state index in [1.54, 1.807) is 0 Å². The molecule has 1 unspecified atom stereocenters. The molecule has 1 heterocycles. The van der Waals surface area contributed by atoms with Crippen molar-refractivity contribution in [1.82, 2.24) is 0 Å². The normalized spacial score (nSPS) is 18.8. The Morgan fingerprint density at radius 1 is 1.44 bits per heavy atom. The lowest BCUT2D eigenvalue weighted by Crippen LogP contribution is -2.28. The number of para-hydroxylation sites is 1. The lowest BCUT2D eigenvalue weighted by molar-refractivity contribution is -0.147. The first-order valence-electron chi connectivity index (χ1n) is 6.53. The number of likely N-dealkylation sites (N-methyl/N-ethyl adjacent to an activating group) is 1. The van der Waals surface area contributed by atoms with Crippen molar-refractivity contribution in [3.63, 3.8) is 0 Å². The molecule has 0 bridgehead atoms. The van der Waals surface area contributed by atoms with Gasteiger partial charge in [0, 0.05) is 24.7 Å². The second-order valence-corrected chi connectivity index (χ2v) is 5.69. The van der Waals surface area contributed by atoms with Crippen LogP contribution in [0.1, 0.15) is 38.7 Å². The van der Waals surface area contributed by atoms with Crippen LogP contribution in [0.3, 0.4) is 0 Å². The summed E-state index contributed by atoms with van der Waals surface area (Å²) >= 11 is 0. The zero-order valence-corrected chi connectivity index (χ0v) is 11.3. The van der Waals surface area contributed by atoms with E-state index in [0.29, 0.717) is 12.3 Å². The molecule has 1 N–H and O–H groups in total. The van der Waals surface area contributed by atoms with E-state index >= 15 is 0 Å². The van der Waals surface area contributed by atoms with Gasteiger partial charge in [-0.05, 0) is 38.8 Å². The lowest BCUT2D eigenvalue weighted by Gasteiger charge is -2.24. The van der Waals surface area contributed by atoms with Gasteiger partial charge in [-0.1, -0.05) is 18.2 Å². The summed E-state index contributed by atoms with van der Waals surface area (Å²) in [6, 6.07) is 8.35. The predicted molar refractivity (Wildman–Crippen MR) is 73.1 cm³/mol. The number of carboxylic acids is 1. The monoisotopic (exact) mass is 247 g/mol. The number of carboxylic acid groups (broad SMARTS) is 1. The van der Waals surface area contributed by atoms with Crippen molar-refractivity contribution in [3.8, 4) is 0 Å². The molecule has 98 valence electrons. The Labute approximate surface area is 108 Å². The molecule has 0 saturated heterocycles. The summed E-state index contributed by atoms with van der Waals surface area (Å²) in [5.41, 5.74) is 1.90. The SMILES string of the molecule is CCN1CC(CC(C)(C)C(=O)O)c2ccccc21. The molecule has 3 nitrogen and oxygen atoms in total. The lowest BCUT2D eigenvalue weighted by atomic mass is 9.81. The quantitative estimate of drug-likeness (QED) is 0.888. The Morgan fingerprint density at radius 2 is 2.11 bits per heavy atom. The van der Waals surface area contributed by atoms with E-state index in [1.807, 2.05) is 26.0 Å². The number of benzene rings is 1. The van der Waals surface area contributed by atoms with Crippen molar-refractivity contribution in [2.45, 2.75) is 33.1 Å². The molecule has 0 spiro atoms. The largest absolute Gasteiger partial charge is 0.481 e. The van der Waals surface area contributed by atoms with E-state index in [2.05, 4.69) is 24.0 Å². The van der Waals surface area contributed by atoms with E-state index in [0.717, 1.165) is 13.1 Å². The summed E-state index contributed by atoms with van der Waals surface area (Å²) in [6.45, 7) is 7.67. The molecule has 0 saturated carbocycles. The van der Waals surface area contributed by atoms with Gasteiger partial charge in [-0.15, -0.1) is 0 Å². The van der Waals surface area contributed by atoms with Crippen LogP contribution in [0.5, 0.6) is 0 Å². The maximum Gasteiger partial charge on any atom is 0.309 e. The average Bonchev–Trinajstić information content (AvgIpc) is 2.67. The van der Waals surface area contributed by atoms with Gasteiger partial charge in [-0.25, -0.2) is 0 Å². The molecule has 3 heteroatoms. The van der Waals surface area contributed by atoms with Crippen molar-refractivity contribution >= 4 is 11.7 Å². The number of aliphatic carboxylic acids is 1. The summed E-state index contributed by atoms with van der Waals surface area (Å²) < 4.78 is 0. The Balaban J connectivity index is 2.25. The number of rotatable bonds is 4. The third kappa shape index (κ3) is 2.22. The van der Waals surface area contributed by atoms with Gasteiger partial charge in [0.15, 0.2) is 0 Å². The minimum absolute atomic E-state index is 0.326. The maximum absolute atomic E-state index is 11.3. The van der Waals surface area contributed by atoms with Crippen LogP contribution < -0.4 is 4.90 Å². The molecule has 1 aromatic rings. The molecule has 1 aromatic carbocycles. The van der Waals surface area contributed by atoms with Gasteiger partial charge in [0.1, 0.15) is 0 Å². The van der Waals surface area contributed by atoms with Crippen molar-refractivity contribution in [2.75, 3.05) is 18.0 Å². The number of hydrogen-bond acceptors (Lipinski definition) is 2. The molecule has 0 amide bonds. The van der Waals surface area contributed by atoms with Crippen LogP contribution in [-0.2, 0) is 4.79 Å². The first kappa shape index (κ1) is 12.9. The number of nitrogens with zero attached hydrogens (tertiary/aromatic N) is 1. The summed E-state index contributed by atoms with van der Waals surface area (Å²) in [6.07, 6.45) is 0.690. The zero-order chi connectivity index (χ0) is 13.3. The first-order valence-corrected chi connectivity index (χ1v) is 6.53. The number of fused-ring (bicyclic) bond motifs is 1. The molecule has 1 aliphatic heterocycles. The van der Waals surface area contributed by atoms with E-state index in [4.69, 9.17) is 0 Å². The maximum atomic E-state index is 11.3. The summed E-state index contributed by atoms with van der Waals surface area (Å²) in [4.78, 5) is 13.6. The Bertz CT molecular complexity index is 454. The third-order valence-electron chi connectivity index (χ3n) is 3.88. The van der Waals surface area contributed by atoms with Crippen molar-refractivity contribution < 1.29 is 9.90 Å². The number of anilines is 1. The molecule has 0 aromatic heterocycles. The van der Waals surface area contributed by atoms with E-state index in [9.17, 15) is 9.90 Å². The molecule has 0 aliphatic carbocycles. The highest BCUT2D eigenvalue weighted by Crippen LogP contribution is 2.42. The molecular formula is C15H21NO2. The zero-order valence-electron chi connectivity index (χ0n) is 11.3. The first-order chi connectivity index (χ1) is 8.45. The van der Waals surface area contributed by atoms with Crippen molar-refractivity contribution in [3.05, 3.63) is 29.8 Å². The molecule has 1 atom stereocenters. The standard InChI is InChI=1S/C15H21NO2/c1-4-16-10-11(9-15(2,3)14(17)18)12-7-5-6-8-13(12)16/h5-8,11H,4,9-10H2,1-3H3,(H,17,18). The van der Waals surface area contributed by atoms with Crippen LogP contribution in [0.4, 0.5) is 5.69 Å². The van der Waals surface area contributed by atoms with E-state index < -0.39 is 11.4 Å². The predicted octanol–water partition coefficient (Wildman–Crippen LogP) is 3.11. The molecule has 1 aliphatic rings. The summed E-state index contributed by atoms with van der Waals surface area (Å²) in [5.74, 6) is -0.387. The van der Waals surface area contributed by atoms with Gasteiger partial charge >= 0.3 is 5.97 Å². The van der Waals surface area contributed by atoms with Gasteiger partial charge < -0.3 is 10.0 Å². The molecule has 0 radical (unpaired) electrons. The Hall–Kier alpha value is -1.51. The van der Waals surface area contributed by atoms with Crippen LogP contribution in [0, 0.1) is 5.41 Å². The van der Waals surface area contributed by atoms with Crippen molar-refractivity contribution in [1.29, 1.82) is 0 Å². The highest BCUT2D eigenvalue weighted by Gasteiger charge is 2.36. The Morgan fingerprint density at radius 3 is 2.72 bits per heavy atom.